The van der Waals surface area contributed by atoms with Gasteiger partial charge in [-0.15, -0.1) is 0 Å². The van der Waals surface area contributed by atoms with Crippen molar-refractivity contribution < 1.29 is 76.7 Å². The molecule has 24 heteroatoms. The Morgan fingerprint density at radius 2 is 0.272 bits per heavy atom. The van der Waals surface area contributed by atoms with E-state index in [9.17, 15) is 0 Å². The van der Waals surface area contributed by atoms with Crippen molar-refractivity contribution in [2.75, 3.05) is 0 Å². The minimum atomic E-state index is -2.31. The molecule has 0 bridgehead atoms. The summed E-state index contributed by atoms with van der Waals surface area (Å²) < 4.78 is 17.4. The standard InChI is InChI=1S/8C8H12N.4CBNO2/c8*1-2-6-9-7-4-3-5-8-9;4*3-1-2(4)5/h8*3-5,7-8H,2,6H2,1H3;;;;/q8*+1;4*-2. The lowest BCUT2D eigenvalue weighted by Crippen LogP contribution is -2.43. The number of pyridine rings is 8. The molecule has 92 heavy (non-hydrogen) atoms. The average Bonchev–Trinajstić information content (AvgIpc) is 3.67. The molecule has 0 spiro atoms. The van der Waals surface area contributed by atoms with Crippen LogP contribution in [0.5, 0.6) is 0 Å². The van der Waals surface area contributed by atoms with Crippen molar-refractivity contribution in [3.05, 3.63) is 245 Å². The van der Waals surface area contributed by atoms with E-state index in [0.717, 1.165) is 76.2 Å². The second-order valence-electron chi connectivity index (χ2n) is 18.8. The van der Waals surface area contributed by atoms with E-state index in [1.165, 1.54) is 51.4 Å². The molecule has 0 aliphatic carbocycles. The van der Waals surface area contributed by atoms with Gasteiger partial charge in [-0.25, -0.2) is 57.6 Å². The van der Waals surface area contributed by atoms with E-state index in [1.54, 1.807) is 0 Å². The molecule has 0 aromatic carbocycles. The number of hydrogen-bond donors (Lipinski definition) is 0. The van der Waals surface area contributed by atoms with Crippen LogP contribution in [-0.2, 0) is 52.4 Å². The van der Waals surface area contributed by atoms with Crippen LogP contribution in [0.15, 0.2) is 245 Å². The lowest BCUT2D eigenvalue weighted by Gasteiger charge is -2.12. The predicted molar refractivity (Wildman–Crippen MR) is 341 cm³/mol. The van der Waals surface area contributed by atoms with Crippen LogP contribution >= 0.6 is 0 Å². The first-order chi connectivity index (χ1) is 44.5. The van der Waals surface area contributed by atoms with Crippen molar-refractivity contribution in [3.63, 3.8) is 0 Å². The molecule has 0 unspecified atom stereocenters. The van der Waals surface area contributed by atoms with Crippen LogP contribution in [0.25, 0.3) is 0 Å². The van der Waals surface area contributed by atoms with Gasteiger partial charge in [-0.1, -0.05) is 104 Å². The zero-order chi connectivity index (χ0) is 69.4. The SMILES string of the molecule is CCC[n+]1ccccc1.CCC[n+]1ccccc1.CCC[n+]1ccccc1.CCC[n+]1ccccc1.CCC[n+]1ccccc1.CCC[n+]1ccccc1.CCC[n+]1ccccc1.CCC[n+]1ccccc1.N#CB([O-])[O-].N#CB([O-])[O-].N#CB([O-])[O-].N#CB([O-])[O-]. The molecule has 0 aliphatic heterocycles. The molecule has 488 valence electrons. The summed E-state index contributed by atoms with van der Waals surface area (Å²) in [6, 6.07) is 49.1. The largest absolute Gasteiger partial charge is 0.881 e. The molecule has 8 aromatic heterocycles. The highest BCUT2D eigenvalue weighted by atomic mass is 16.4. The molecule has 0 radical (unpaired) electrons. The number of aromatic nitrogens is 8. The van der Waals surface area contributed by atoms with Crippen LogP contribution in [0.4, 0.5) is 0 Å². The molecular weight excluding hydrogens is 1160 g/mol. The Morgan fingerprint density at radius 3 is 0.326 bits per heavy atom. The van der Waals surface area contributed by atoms with Gasteiger partial charge in [-0.3, -0.25) is 0 Å². The summed E-state index contributed by atoms with van der Waals surface area (Å²) in [5.74, 6) is 3.67. The van der Waals surface area contributed by atoms with Gasteiger partial charge in [0.15, 0.2) is 99.1 Å². The van der Waals surface area contributed by atoms with Gasteiger partial charge in [0.2, 0.25) is 0 Å². The summed E-state index contributed by atoms with van der Waals surface area (Å²) in [6.07, 6.45) is 43.0. The lowest BCUT2D eigenvalue weighted by atomic mass is 9.97. The van der Waals surface area contributed by atoms with Crippen molar-refractivity contribution in [2.24, 2.45) is 0 Å². The van der Waals surface area contributed by atoms with Gasteiger partial charge in [0.25, 0.3) is 0 Å². The number of nitriles is 4. The third-order valence-corrected chi connectivity index (χ3v) is 10.5. The fourth-order valence-electron chi connectivity index (χ4n) is 6.73. The normalized spacial score (nSPS) is 8.65. The molecule has 0 N–H and O–H groups in total. The van der Waals surface area contributed by atoms with Crippen LogP contribution in [-0.4, -0.2) is 28.5 Å². The summed E-state index contributed by atoms with van der Waals surface area (Å²) in [5, 5.41) is 101. The van der Waals surface area contributed by atoms with Crippen LogP contribution in [0.3, 0.4) is 0 Å². The Hall–Kier alpha value is -8.90. The smallest absolute Gasteiger partial charge is 0.168 e. The van der Waals surface area contributed by atoms with Crippen molar-refractivity contribution in [1.82, 2.24) is 0 Å². The van der Waals surface area contributed by atoms with Gasteiger partial charge in [-0.2, -0.15) is 0 Å². The van der Waals surface area contributed by atoms with E-state index < -0.39 is 28.5 Å². The third kappa shape index (κ3) is 68.6. The monoisotopic (exact) mass is 1250 g/mol. The molecular formula is C68H96B4N12O8. The van der Waals surface area contributed by atoms with E-state index in [-0.39, 0.29) is 0 Å². The number of aryl methyl sites for hydroxylation is 8. The Kier molecular flexibility index (Phi) is 69.3. The van der Waals surface area contributed by atoms with Crippen molar-refractivity contribution in [3.8, 4) is 23.9 Å². The molecule has 0 saturated heterocycles. The minimum Gasteiger partial charge on any atom is -0.881 e. The first-order valence-corrected chi connectivity index (χ1v) is 30.9. The quantitative estimate of drug-likeness (QED) is 0.0920. The van der Waals surface area contributed by atoms with E-state index in [4.69, 9.17) is 61.2 Å². The maximum Gasteiger partial charge on any atom is 0.168 e. The molecule has 0 amide bonds. The third-order valence-electron chi connectivity index (χ3n) is 10.5. The minimum absolute atomic E-state index is 0.917. The summed E-state index contributed by atoms with van der Waals surface area (Å²) in [5.41, 5.74) is 0. The Labute approximate surface area is 551 Å². The Balaban J connectivity index is -0.000000463. The maximum atomic E-state index is 8.98. The zero-order valence-electron chi connectivity index (χ0n) is 55.3. The van der Waals surface area contributed by atoms with Crippen LogP contribution < -0.4 is 76.7 Å². The van der Waals surface area contributed by atoms with Crippen molar-refractivity contribution in [2.45, 2.75) is 159 Å². The van der Waals surface area contributed by atoms with Gasteiger partial charge in [-0.05, 0) is 23.9 Å². The van der Waals surface area contributed by atoms with Crippen molar-refractivity contribution in [1.29, 1.82) is 21.0 Å². The maximum absolute atomic E-state index is 8.98. The number of hydrogen-bond acceptors (Lipinski definition) is 12. The molecule has 0 atom stereocenters. The number of rotatable bonds is 16. The highest BCUT2D eigenvalue weighted by molar-refractivity contribution is 6.47. The fraction of sp³-hybridized carbons (Fsp3) is 0.353. The zero-order valence-corrected chi connectivity index (χ0v) is 55.3. The topological polar surface area (TPSA) is 311 Å². The second-order valence-corrected chi connectivity index (χ2v) is 18.8. The molecule has 8 heterocycles. The molecule has 0 saturated carbocycles. The van der Waals surface area contributed by atoms with Crippen LogP contribution in [0, 0.1) is 44.9 Å². The van der Waals surface area contributed by atoms with Gasteiger partial charge in [0.05, 0.1) is 0 Å². The molecule has 20 nitrogen and oxygen atoms in total. The number of nitrogens with zero attached hydrogens (tertiary/aromatic N) is 12. The fourth-order valence-corrected chi connectivity index (χ4v) is 6.73. The van der Waals surface area contributed by atoms with Crippen molar-refractivity contribution >= 4 is 28.5 Å². The first kappa shape index (κ1) is 89.5. The summed E-state index contributed by atoms with van der Waals surface area (Å²) in [4.78, 5) is 0. The van der Waals surface area contributed by atoms with Gasteiger partial charge in [0.1, 0.15) is 52.4 Å². The summed E-state index contributed by atoms with van der Waals surface area (Å²) in [7, 11) is -9.24. The van der Waals surface area contributed by atoms with Gasteiger partial charge in [0, 0.05) is 177 Å². The van der Waals surface area contributed by atoms with E-state index >= 15 is 0 Å². The molecule has 8 rings (SSSR count). The van der Waals surface area contributed by atoms with E-state index in [2.05, 4.69) is 288 Å². The summed E-state index contributed by atoms with van der Waals surface area (Å²) in [6.45, 7) is 26.5. The van der Waals surface area contributed by atoms with E-state index in [1.807, 2.05) is 48.5 Å². The van der Waals surface area contributed by atoms with Crippen LogP contribution in [0.1, 0.15) is 107 Å². The van der Waals surface area contributed by atoms with E-state index in [0.29, 0.717) is 0 Å². The molecule has 8 aromatic rings. The Morgan fingerprint density at radius 1 is 0.196 bits per heavy atom. The second kappa shape index (κ2) is 71.2. The summed E-state index contributed by atoms with van der Waals surface area (Å²) >= 11 is 0. The van der Waals surface area contributed by atoms with Gasteiger partial charge >= 0.3 is 0 Å². The molecule has 0 aliphatic rings. The highest BCUT2D eigenvalue weighted by Gasteiger charge is 1.96. The highest BCUT2D eigenvalue weighted by Crippen LogP contribution is 1.85. The lowest BCUT2D eigenvalue weighted by molar-refractivity contribution is -0.697. The van der Waals surface area contributed by atoms with Crippen LogP contribution in [0.2, 0.25) is 0 Å². The average molecular weight is 1250 g/mol. The van der Waals surface area contributed by atoms with Gasteiger partial charge < -0.3 is 40.2 Å². The molecule has 0 fully saturated rings. The first-order valence-electron chi connectivity index (χ1n) is 30.9. The predicted octanol–water partition coefficient (Wildman–Crippen LogP) is 0.105. The Bertz CT molecular complexity index is 2360.